The Balaban J connectivity index is 1.98. The smallest absolute Gasteiger partial charge is 0.240 e. The van der Waals surface area contributed by atoms with Crippen LogP contribution < -0.4 is 5.43 Å². The third-order valence-corrected chi connectivity index (χ3v) is 5.08. The maximum absolute atomic E-state index is 11.7. The lowest BCUT2D eigenvalue weighted by molar-refractivity contribution is -0.121. The molecule has 0 aliphatic heterocycles. The Hall–Kier alpha value is -1.16. The fraction of sp³-hybridized carbons (Fsp3) is 0.684. The van der Waals surface area contributed by atoms with Crippen molar-refractivity contribution < 1.29 is 4.79 Å². The van der Waals surface area contributed by atoms with Gasteiger partial charge in [0.15, 0.2) is 0 Å². The molecule has 0 bridgehead atoms. The average Bonchev–Trinajstić information content (AvgIpc) is 3.01. The van der Waals surface area contributed by atoms with E-state index in [1.807, 2.05) is 6.07 Å². The zero-order chi connectivity index (χ0) is 16.8. The maximum Gasteiger partial charge on any atom is 0.240 e. The van der Waals surface area contributed by atoms with Crippen molar-refractivity contribution in [1.29, 1.82) is 0 Å². The van der Waals surface area contributed by atoms with Crippen molar-refractivity contribution in [2.24, 2.45) is 5.10 Å². The third-order valence-electron chi connectivity index (χ3n) is 3.92. The number of carbonyl (C=O) groups excluding carboxylic acids is 1. The lowest BCUT2D eigenvalue weighted by atomic mass is 10.1. The molecule has 1 N–H and O–H groups in total. The van der Waals surface area contributed by atoms with Gasteiger partial charge in [0.2, 0.25) is 5.91 Å². The van der Waals surface area contributed by atoms with Gasteiger partial charge in [-0.3, -0.25) is 4.79 Å². The first-order chi connectivity index (χ1) is 11.3. The minimum atomic E-state index is 0.0245. The highest BCUT2D eigenvalue weighted by Gasteiger charge is 2.00. The summed E-state index contributed by atoms with van der Waals surface area (Å²) in [6.45, 7) is 4.39. The molecule has 23 heavy (non-hydrogen) atoms. The topological polar surface area (TPSA) is 41.5 Å². The van der Waals surface area contributed by atoms with Crippen LogP contribution in [0.25, 0.3) is 0 Å². The first kappa shape index (κ1) is 19.9. The van der Waals surface area contributed by atoms with Gasteiger partial charge >= 0.3 is 0 Å². The van der Waals surface area contributed by atoms with Crippen molar-refractivity contribution in [3.63, 3.8) is 0 Å². The second kappa shape index (κ2) is 13.3. The van der Waals surface area contributed by atoms with Gasteiger partial charge in [-0.15, -0.1) is 11.3 Å². The van der Waals surface area contributed by atoms with Crippen molar-refractivity contribution >= 4 is 23.5 Å². The first-order valence-corrected chi connectivity index (χ1v) is 9.98. The van der Waals surface area contributed by atoms with Crippen LogP contribution in [0, 0.1) is 0 Å². The summed E-state index contributed by atoms with van der Waals surface area (Å²) >= 11 is 1.72. The third kappa shape index (κ3) is 10.3. The molecule has 0 radical (unpaired) electrons. The number of rotatable bonds is 13. The highest BCUT2D eigenvalue weighted by atomic mass is 32.1. The van der Waals surface area contributed by atoms with E-state index in [1.54, 1.807) is 17.6 Å². The number of unbranched alkanes of at least 4 members (excludes halogenated alkanes) is 8. The van der Waals surface area contributed by atoms with Crippen molar-refractivity contribution in [3.8, 4) is 0 Å². The van der Waals surface area contributed by atoms with E-state index >= 15 is 0 Å². The summed E-state index contributed by atoms with van der Waals surface area (Å²) in [6, 6.07) is 4.15. The summed E-state index contributed by atoms with van der Waals surface area (Å²) < 4.78 is 0. The lowest BCUT2D eigenvalue weighted by Crippen LogP contribution is -2.16. The van der Waals surface area contributed by atoms with Gasteiger partial charge in [-0.05, 0) is 25.0 Å². The fourth-order valence-electron chi connectivity index (χ4n) is 2.47. The number of carbonyl (C=O) groups is 1. The van der Waals surface area contributed by atoms with E-state index in [9.17, 15) is 4.79 Å². The number of aryl methyl sites for hydroxylation is 1. The van der Waals surface area contributed by atoms with Crippen LogP contribution >= 0.6 is 11.3 Å². The molecule has 1 amide bonds. The highest BCUT2D eigenvalue weighted by Crippen LogP contribution is 2.14. The molecule has 0 spiro atoms. The first-order valence-electron chi connectivity index (χ1n) is 9.16. The van der Waals surface area contributed by atoms with E-state index in [-0.39, 0.29) is 5.91 Å². The van der Waals surface area contributed by atoms with Gasteiger partial charge in [0.1, 0.15) is 0 Å². The molecule has 0 aliphatic carbocycles. The van der Waals surface area contributed by atoms with E-state index in [0.29, 0.717) is 6.42 Å². The van der Waals surface area contributed by atoms with Crippen LogP contribution in [0.15, 0.2) is 17.2 Å². The monoisotopic (exact) mass is 336 g/mol. The zero-order valence-corrected chi connectivity index (χ0v) is 15.6. The fourth-order valence-corrected chi connectivity index (χ4v) is 3.30. The molecule has 1 rings (SSSR count). The van der Waals surface area contributed by atoms with Crippen LogP contribution in [0.2, 0.25) is 0 Å². The average molecular weight is 337 g/mol. The molecule has 1 aromatic heterocycles. The quantitative estimate of drug-likeness (QED) is 0.281. The zero-order valence-electron chi connectivity index (χ0n) is 14.8. The van der Waals surface area contributed by atoms with E-state index in [4.69, 9.17) is 0 Å². The summed E-state index contributed by atoms with van der Waals surface area (Å²) in [4.78, 5) is 14.1. The number of hydrogen-bond acceptors (Lipinski definition) is 3. The minimum Gasteiger partial charge on any atom is -0.273 e. The Morgan fingerprint density at radius 2 is 1.70 bits per heavy atom. The largest absolute Gasteiger partial charge is 0.273 e. The van der Waals surface area contributed by atoms with E-state index in [2.05, 4.69) is 30.4 Å². The van der Waals surface area contributed by atoms with Gasteiger partial charge in [0.05, 0.1) is 6.21 Å². The molecule has 4 heteroatoms. The van der Waals surface area contributed by atoms with E-state index in [1.165, 1.54) is 49.8 Å². The summed E-state index contributed by atoms with van der Waals surface area (Å²) in [5, 5.41) is 4.03. The summed E-state index contributed by atoms with van der Waals surface area (Å²) in [7, 11) is 0. The van der Waals surface area contributed by atoms with Crippen LogP contribution in [0.4, 0.5) is 0 Å². The van der Waals surface area contributed by atoms with Gasteiger partial charge in [0.25, 0.3) is 0 Å². The number of hydrazone groups is 1. The van der Waals surface area contributed by atoms with E-state index in [0.717, 1.165) is 24.1 Å². The van der Waals surface area contributed by atoms with Crippen LogP contribution in [0.5, 0.6) is 0 Å². The van der Waals surface area contributed by atoms with E-state index < -0.39 is 0 Å². The molecule has 0 aliphatic rings. The second-order valence-corrected chi connectivity index (χ2v) is 7.23. The molecule has 1 aromatic rings. The highest BCUT2D eigenvalue weighted by molar-refractivity contribution is 7.13. The van der Waals surface area contributed by atoms with Crippen LogP contribution in [0.1, 0.15) is 87.8 Å². The van der Waals surface area contributed by atoms with Crippen LogP contribution in [0.3, 0.4) is 0 Å². The number of amides is 1. The summed E-state index contributed by atoms with van der Waals surface area (Å²) in [5.41, 5.74) is 2.62. The lowest BCUT2D eigenvalue weighted by Gasteiger charge is -2.02. The van der Waals surface area contributed by atoms with Gasteiger partial charge in [-0.25, -0.2) is 5.43 Å². The summed E-state index contributed by atoms with van der Waals surface area (Å²) in [6.07, 6.45) is 14.8. The predicted molar refractivity (Wildman–Crippen MR) is 101 cm³/mol. The molecule has 0 aromatic carbocycles. The molecule has 3 nitrogen and oxygen atoms in total. The standard InChI is InChI=1S/C19H32N2OS/c1-3-5-6-7-8-9-10-11-12-13-19(22)21-20-16-18-15-14-17(4-2)23-18/h14-16H,3-13H2,1-2H3,(H,21,22). The van der Waals surface area contributed by atoms with Gasteiger partial charge < -0.3 is 0 Å². The molecule has 0 unspecified atom stereocenters. The number of thiophene rings is 1. The molecule has 130 valence electrons. The Morgan fingerprint density at radius 1 is 1.04 bits per heavy atom. The van der Waals surface area contributed by atoms with Crippen molar-refractivity contribution in [2.45, 2.75) is 84.5 Å². The molecule has 1 heterocycles. The van der Waals surface area contributed by atoms with Gasteiger partial charge in [-0.2, -0.15) is 5.10 Å². The molecule has 0 saturated heterocycles. The summed E-state index contributed by atoms with van der Waals surface area (Å²) in [5.74, 6) is 0.0245. The molecule has 0 fully saturated rings. The van der Waals surface area contributed by atoms with Crippen molar-refractivity contribution in [3.05, 3.63) is 21.9 Å². The maximum atomic E-state index is 11.7. The predicted octanol–water partition coefficient (Wildman–Crippen LogP) is 5.68. The normalized spacial score (nSPS) is 11.2. The Labute approximate surface area is 145 Å². The minimum absolute atomic E-state index is 0.0245. The Kier molecular flexibility index (Phi) is 11.5. The second-order valence-electron chi connectivity index (χ2n) is 6.03. The Morgan fingerprint density at radius 3 is 2.30 bits per heavy atom. The number of nitrogens with one attached hydrogen (secondary N) is 1. The van der Waals surface area contributed by atoms with Gasteiger partial charge in [-0.1, -0.05) is 65.2 Å². The van der Waals surface area contributed by atoms with Crippen LogP contribution in [-0.2, 0) is 11.2 Å². The molecular weight excluding hydrogens is 304 g/mol. The molecular formula is C19H32N2OS. The number of nitrogens with zero attached hydrogens (tertiary/aromatic N) is 1. The van der Waals surface area contributed by atoms with Gasteiger partial charge in [0, 0.05) is 16.2 Å². The molecule has 0 atom stereocenters. The molecule has 0 saturated carbocycles. The van der Waals surface area contributed by atoms with Crippen molar-refractivity contribution in [2.75, 3.05) is 0 Å². The SMILES string of the molecule is CCCCCCCCCCCC(=O)NN=Cc1ccc(CC)s1. The number of hydrogen-bond donors (Lipinski definition) is 1. The Bertz CT molecular complexity index is 454. The van der Waals surface area contributed by atoms with Crippen LogP contribution in [-0.4, -0.2) is 12.1 Å². The van der Waals surface area contributed by atoms with Crippen molar-refractivity contribution in [1.82, 2.24) is 5.43 Å².